The van der Waals surface area contributed by atoms with E-state index in [-0.39, 0.29) is 19.0 Å². The van der Waals surface area contributed by atoms with Gasteiger partial charge >= 0.3 is 12.1 Å². The first-order chi connectivity index (χ1) is 10.4. The number of amides is 1. The summed E-state index contributed by atoms with van der Waals surface area (Å²) in [6.45, 7) is 0.704. The lowest BCUT2D eigenvalue weighted by Gasteiger charge is -2.32. The number of nitrogens with one attached hydrogen (secondary N) is 1. The van der Waals surface area contributed by atoms with Gasteiger partial charge in [0.25, 0.3) is 0 Å². The molecular weight excluding hydrogens is 297 g/mol. The molecule has 0 atom stereocenters. The van der Waals surface area contributed by atoms with Crippen LogP contribution in [0.3, 0.4) is 0 Å². The maximum Gasteiger partial charge on any atom is 0.471 e. The maximum absolute atomic E-state index is 12.3. The molecule has 118 valence electrons. The van der Waals surface area contributed by atoms with Gasteiger partial charge in [-0.25, -0.2) is 4.98 Å². The van der Waals surface area contributed by atoms with Gasteiger partial charge in [0.2, 0.25) is 0 Å². The number of nitriles is 1. The molecule has 0 unspecified atom stereocenters. The highest BCUT2D eigenvalue weighted by atomic mass is 19.4. The highest BCUT2D eigenvalue weighted by molar-refractivity contribution is 5.81. The van der Waals surface area contributed by atoms with E-state index < -0.39 is 12.1 Å². The quantitative estimate of drug-likeness (QED) is 0.928. The lowest BCUT2D eigenvalue weighted by Crippen LogP contribution is -2.46. The molecule has 22 heavy (non-hydrogen) atoms. The molecule has 1 N–H and O–H groups in total. The van der Waals surface area contributed by atoms with Crippen LogP contribution >= 0.6 is 0 Å². The first-order valence-electron chi connectivity index (χ1n) is 6.87. The van der Waals surface area contributed by atoms with Crippen molar-refractivity contribution in [3.63, 3.8) is 0 Å². The highest BCUT2D eigenvalue weighted by Gasteiger charge is 2.43. The standard InChI is InChI=1S/C14H15F3N4O/c15-14(16,17)13(22)21-6-3-10(4-7-21)9-20-12-11(8-18)2-1-5-19-12/h1-2,5,10H,3-4,6-7,9H2,(H,19,20). The molecular formula is C14H15F3N4O. The third kappa shape index (κ3) is 3.87. The van der Waals surface area contributed by atoms with Crippen LogP contribution in [0.25, 0.3) is 0 Å². The van der Waals surface area contributed by atoms with E-state index in [4.69, 9.17) is 5.26 Å². The number of nitrogens with zero attached hydrogens (tertiary/aromatic N) is 3. The van der Waals surface area contributed by atoms with Crippen molar-refractivity contribution in [3.05, 3.63) is 23.9 Å². The van der Waals surface area contributed by atoms with Gasteiger partial charge in [-0.15, -0.1) is 0 Å². The minimum atomic E-state index is -4.80. The van der Waals surface area contributed by atoms with Gasteiger partial charge in [0.1, 0.15) is 11.9 Å². The second-order valence-corrected chi connectivity index (χ2v) is 5.13. The monoisotopic (exact) mass is 312 g/mol. The zero-order valence-electron chi connectivity index (χ0n) is 11.7. The first-order valence-corrected chi connectivity index (χ1v) is 6.87. The van der Waals surface area contributed by atoms with Crippen LogP contribution in [0.5, 0.6) is 0 Å². The van der Waals surface area contributed by atoms with E-state index in [0.29, 0.717) is 30.8 Å². The summed E-state index contributed by atoms with van der Waals surface area (Å²) in [5.41, 5.74) is 0.423. The molecule has 0 spiro atoms. The molecule has 2 heterocycles. The van der Waals surface area contributed by atoms with Crippen LogP contribution in [0.4, 0.5) is 19.0 Å². The zero-order chi connectivity index (χ0) is 16.2. The van der Waals surface area contributed by atoms with Gasteiger partial charge in [-0.05, 0) is 30.9 Å². The number of piperidine rings is 1. The zero-order valence-corrected chi connectivity index (χ0v) is 11.7. The normalized spacial score (nSPS) is 16.2. The number of carbonyl (C=O) groups is 1. The lowest BCUT2D eigenvalue weighted by molar-refractivity contribution is -0.186. The Kier molecular flexibility index (Phi) is 4.85. The fourth-order valence-corrected chi connectivity index (χ4v) is 2.40. The summed E-state index contributed by atoms with van der Waals surface area (Å²) in [5.74, 6) is -1.15. The van der Waals surface area contributed by atoms with Gasteiger partial charge in [-0.3, -0.25) is 4.79 Å². The van der Waals surface area contributed by atoms with Crippen molar-refractivity contribution in [2.75, 3.05) is 25.0 Å². The number of halogens is 3. The average molecular weight is 312 g/mol. The van der Waals surface area contributed by atoms with Crippen molar-refractivity contribution < 1.29 is 18.0 Å². The minimum Gasteiger partial charge on any atom is -0.369 e. The Labute approximate surface area is 125 Å². The molecule has 1 aliphatic rings. The molecule has 0 aliphatic carbocycles. The number of alkyl halides is 3. The molecule has 0 aromatic carbocycles. The van der Waals surface area contributed by atoms with Crippen LogP contribution in [0.1, 0.15) is 18.4 Å². The van der Waals surface area contributed by atoms with Crippen LogP contribution in [-0.4, -0.2) is 41.6 Å². The number of carbonyl (C=O) groups excluding carboxylic acids is 1. The number of pyridine rings is 1. The van der Waals surface area contributed by atoms with Gasteiger partial charge < -0.3 is 10.2 Å². The van der Waals surface area contributed by atoms with Crippen molar-refractivity contribution >= 4 is 11.7 Å². The van der Waals surface area contributed by atoms with Crippen molar-refractivity contribution in [1.82, 2.24) is 9.88 Å². The number of rotatable bonds is 3. The van der Waals surface area contributed by atoms with E-state index in [9.17, 15) is 18.0 Å². The summed E-state index contributed by atoms with van der Waals surface area (Å²) in [5, 5.41) is 12.0. The van der Waals surface area contributed by atoms with Crippen LogP contribution in [-0.2, 0) is 4.79 Å². The van der Waals surface area contributed by atoms with Gasteiger partial charge in [0.15, 0.2) is 0 Å². The molecule has 1 aromatic rings. The van der Waals surface area contributed by atoms with E-state index >= 15 is 0 Å². The number of likely N-dealkylation sites (tertiary alicyclic amines) is 1. The Bertz CT molecular complexity index is 574. The van der Waals surface area contributed by atoms with E-state index in [1.807, 2.05) is 6.07 Å². The molecule has 0 bridgehead atoms. The predicted octanol–water partition coefficient (Wildman–Crippen LogP) is 2.17. The second kappa shape index (κ2) is 6.64. The summed E-state index contributed by atoms with van der Waals surface area (Å²) in [4.78, 5) is 16.0. The van der Waals surface area contributed by atoms with Gasteiger partial charge in [-0.1, -0.05) is 0 Å². The number of anilines is 1. The van der Waals surface area contributed by atoms with Gasteiger partial charge in [0, 0.05) is 25.8 Å². The lowest BCUT2D eigenvalue weighted by atomic mass is 9.96. The average Bonchev–Trinajstić information content (AvgIpc) is 2.52. The molecule has 1 aliphatic heterocycles. The Balaban J connectivity index is 1.83. The first kappa shape index (κ1) is 16.1. The summed E-state index contributed by atoms with van der Waals surface area (Å²) < 4.78 is 37.0. The number of aromatic nitrogens is 1. The van der Waals surface area contributed by atoms with Gasteiger partial charge in [0.05, 0.1) is 5.56 Å². The predicted molar refractivity (Wildman–Crippen MR) is 72.8 cm³/mol. The minimum absolute atomic E-state index is 0.0953. The molecule has 0 saturated carbocycles. The molecule has 1 fully saturated rings. The van der Waals surface area contributed by atoms with Gasteiger partial charge in [-0.2, -0.15) is 18.4 Å². The Morgan fingerprint density at radius 1 is 1.45 bits per heavy atom. The van der Waals surface area contributed by atoms with Crippen LogP contribution in [0.15, 0.2) is 18.3 Å². The topological polar surface area (TPSA) is 69.0 Å². The van der Waals surface area contributed by atoms with Crippen LogP contribution in [0, 0.1) is 17.2 Å². The largest absolute Gasteiger partial charge is 0.471 e. The second-order valence-electron chi connectivity index (χ2n) is 5.13. The summed E-state index contributed by atoms with van der Waals surface area (Å²) >= 11 is 0. The number of hydrogen-bond acceptors (Lipinski definition) is 4. The van der Waals surface area contributed by atoms with E-state index in [1.54, 1.807) is 18.3 Å². The third-order valence-corrected chi connectivity index (χ3v) is 3.63. The maximum atomic E-state index is 12.3. The fraction of sp³-hybridized carbons (Fsp3) is 0.500. The Morgan fingerprint density at radius 3 is 2.73 bits per heavy atom. The molecule has 2 rings (SSSR count). The number of hydrogen-bond donors (Lipinski definition) is 1. The summed E-state index contributed by atoms with van der Waals surface area (Å²) in [6.07, 6.45) is -2.26. The van der Waals surface area contributed by atoms with E-state index in [0.717, 1.165) is 4.90 Å². The highest BCUT2D eigenvalue weighted by Crippen LogP contribution is 2.24. The van der Waals surface area contributed by atoms with Crippen LogP contribution < -0.4 is 5.32 Å². The molecule has 5 nitrogen and oxygen atoms in total. The molecule has 1 aromatic heterocycles. The molecule has 8 heteroatoms. The summed E-state index contributed by atoms with van der Waals surface area (Å²) in [6, 6.07) is 5.32. The van der Waals surface area contributed by atoms with Crippen molar-refractivity contribution in [1.29, 1.82) is 5.26 Å². The SMILES string of the molecule is N#Cc1cccnc1NCC1CCN(C(=O)C(F)(F)F)CC1. The third-order valence-electron chi connectivity index (χ3n) is 3.63. The van der Waals surface area contributed by atoms with Crippen molar-refractivity contribution in [2.45, 2.75) is 19.0 Å². The van der Waals surface area contributed by atoms with E-state index in [1.165, 1.54) is 0 Å². The molecule has 1 saturated heterocycles. The molecule has 0 radical (unpaired) electrons. The fourth-order valence-electron chi connectivity index (χ4n) is 2.40. The van der Waals surface area contributed by atoms with Crippen molar-refractivity contribution in [3.8, 4) is 6.07 Å². The Hall–Kier alpha value is -2.30. The molecule has 1 amide bonds. The smallest absolute Gasteiger partial charge is 0.369 e. The van der Waals surface area contributed by atoms with Crippen LogP contribution in [0.2, 0.25) is 0 Å². The Morgan fingerprint density at radius 2 is 2.14 bits per heavy atom. The van der Waals surface area contributed by atoms with E-state index in [2.05, 4.69) is 10.3 Å². The van der Waals surface area contributed by atoms with Crippen molar-refractivity contribution in [2.24, 2.45) is 5.92 Å². The summed E-state index contributed by atoms with van der Waals surface area (Å²) in [7, 11) is 0.